The summed E-state index contributed by atoms with van der Waals surface area (Å²) in [6.45, 7) is 6.56. The third-order valence-corrected chi connectivity index (χ3v) is 5.75. The number of rotatable bonds is 2. The molecular weight excluding hydrogens is 322 g/mol. The van der Waals surface area contributed by atoms with Gasteiger partial charge >= 0.3 is 0 Å². The molecule has 4 heterocycles. The second-order valence-electron chi connectivity index (χ2n) is 7.39. The molecule has 5 heteroatoms. The van der Waals surface area contributed by atoms with E-state index in [9.17, 15) is 0 Å². The second-order valence-corrected chi connectivity index (χ2v) is 7.39. The topological polar surface area (TPSA) is 47.2 Å². The maximum absolute atomic E-state index is 4.79. The minimum atomic E-state index is 0.429. The van der Waals surface area contributed by atoms with Crippen LogP contribution < -0.4 is 5.32 Å². The van der Waals surface area contributed by atoms with Gasteiger partial charge in [-0.3, -0.25) is 8.97 Å². The van der Waals surface area contributed by atoms with E-state index in [1.165, 1.54) is 17.7 Å². The Morgan fingerprint density at radius 1 is 1.12 bits per heavy atom. The molecule has 26 heavy (non-hydrogen) atoms. The molecule has 4 aromatic rings. The van der Waals surface area contributed by atoms with E-state index in [0.29, 0.717) is 11.8 Å². The van der Waals surface area contributed by atoms with Crippen molar-refractivity contribution < 1.29 is 0 Å². The molecule has 2 unspecified atom stereocenters. The zero-order valence-electron chi connectivity index (χ0n) is 15.2. The van der Waals surface area contributed by atoms with Gasteiger partial charge in [0.25, 0.3) is 0 Å². The molecule has 1 fully saturated rings. The minimum Gasteiger partial charge on any atom is -0.316 e. The highest BCUT2D eigenvalue weighted by molar-refractivity contribution is 5.78. The van der Waals surface area contributed by atoms with Crippen LogP contribution in [-0.2, 0) is 0 Å². The number of piperidine rings is 1. The van der Waals surface area contributed by atoms with Crippen molar-refractivity contribution in [1.29, 1.82) is 0 Å². The fraction of sp³-hybridized carbons (Fsp3) is 0.333. The second kappa shape index (κ2) is 5.95. The number of hydrogen-bond donors (Lipinski definition) is 1. The predicted molar refractivity (Wildman–Crippen MR) is 104 cm³/mol. The van der Waals surface area contributed by atoms with E-state index in [0.717, 1.165) is 35.6 Å². The van der Waals surface area contributed by atoms with Gasteiger partial charge in [-0.05, 0) is 43.5 Å². The van der Waals surface area contributed by atoms with E-state index in [1.807, 2.05) is 12.4 Å². The zero-order chi connectivity index (χ0) is 17.7. The molecule has 1 aliphatic rings. The van der Waals surface area contributed by atoms with Crippen LogP contribution in [0.3, 0.4) is 0 Å². The third kappa shape index (κ3) is 2.27. The Morgan fingerprint density at radius 2 is 1.96 bits per heavy atom. The quantitative estimate of drug-likeness (QED) is 0.603. The Kier molecular flexibility index (Phi) is 3.57. The van der Waals surface area contributed by atoms with Crippen LogP contribution in [0.4, 0.5) is 0 Å². The van der Waals surface area contributed by atoms with E-state index in [2.05, 4.69) is 64.7 Å². The Bertz CT molecular complexity index is 1090. The average molecular weight is 345 g/mol. The van der Waals surface area contributed by atoms with Crippen LogP contribution in [0.25, 0.3) is 22.4 Å². The van der Waals surface area contributed by atoms with Gasteiger partial charge in [-0.25, -0.2) is 9.97 Å². The van der Waals surface area contributed by atoms with Gasteiger partial charge in [0.05, 0.1) is 23.4 Å². The van der Waals surface area contributed by atoms with Gasteiger partial charge < -0.3 is 5.32 Å². The first-order valence-corrected chi connectivity index (χ1v) is 9.34. The molecule has 1 saturated heterocycles. The highest BCUT2D eigenvalue weighted by Crippen LogP contribution is 2.31. The molecule has 1 N–H and O–H groups in total. The van der Waals surface area contributed by atoms with E-state index in [-0.39, 0.29) is 0 Å². The maximum atomic E-state index is 4.79. The van der Waals surface area contributed by atoms with Crippen LogP contribution in [0.15, 0.2) is 48.9 Å². The van der Waals surface area contributed by atoms with Crippen molar-refractivity contribution in [3.8, 4) is 5.69 Å². The normalized spacial score (nSPS) is 20.8. The number of para-hydroxylation sites is 1. The zero-order valence-corrected chi connectivity index (χ0v) is 15.2. The summed E-state index contributed by atoms with van der Waals surface area (Å²) in [4.78, 5) is 9.54. The molecule has 5 nitrogen and oxygen atoms in total. The molecule has 5 rings (SSSR count). The SMILES string of the molecule is Cc1ccccc1-n1ccc2c1ncc1cnc(C3CNCCC3C)n12. The van der Waals surface area contributed by atoms with Gasteiger partial charge in [-0.1, -0.05) is 25.1 Å². The van der Waals surface area contributed by atoms with Crippen molar-refractivity contribution in [1.82, 2.24) is 24.3 Å². The molecule has 3 aromatic heterocycles. The number of fused-ring (bicyclic) bond motifs is 3. The number of nitrogens with one attached hydrogen (secondary N) is 1. The fourth-order valence-corrected chi connectivity index (χ4v) is 4.20. The van der Waals surface area contributed by atoms with Gasteiger partial charge in [-0.15, -0.1) is 0 Å². The van der Waals surface area contributed by atoms with Crippen molar-refractivity contribution >= 4 is 16.7 Å². The van der Waals surface area contributed by atoms with Crippen LogP contribution in [0.5, 0.6) is 0 Å². The molecule has 1 aromatic carbocycles. The summed E-state index contributed by atoms with van der Waals surface area (Å²) >= 11 is 0. The highest BCUT2D eigenvalue weighted by atomic mass is 15.1. The van der Waals surface area contributed by atoms with Crippen LogP contribution in [0.1, 0.15) is 30.7 Å². The molecule has 0 spiro atoms. The van der Waals surface area contributed by atoms with Gasteiger partial charge in [0.1, 0.15) is 5.82 Å². The number of benzene rings is 1. The monoisotopic (exact) mass is 345 g/mol. The molecule has 0 saturated carbocycles. The van der Waals surface area contributed by atoms with Gasteiger partial charge in [-0.2, -0.15) is 0 Å². The van der Waals surface area contributed by atoms with E-state index in [1.54, 1.807) is 0 Å². The molecular formula is C21H23N5. The smallest absolute Gasteiger partial charge is 0.161 e. The summed E-state index contributed by atoms with van der Waals surface area (Å²) < 4.78 is 4.47. The minimum absolute atomic E-state index is 0.429. The average Bonchev–Trinajstić information content (AvgIpc) is 3.26. The molecule has 0 radical (unpaired) electrons. The molecule has 1 aliphatic heterocycles. The van der Waals surface area contributed by atoms with Crippen LogP contribution >= 0.6 is 0 Å². The number of aromatic nitrogens is 4. The summed E-state index contributed by atoms with van der Waals surface area (Å²) in [6.07, 6.45) is 7.20. The van der Waals surface area contributed by atoms with Crippen molar-refractivity contribution in [3.05, 3.63) is 60.3 Å². The van der Waals surface area contributed by atoms with Crippen molar-refractivity contribution in [3.63, 3.8) is 0 Å². The van der Waals surface area contributed by atoms with Crippen molar-refractivity contribution in [2.45, 2.75) is 26.2 Å². The standard InChI is InChI=1S/C21H23N5/c1-14-7-9-22-13-17(14)20-23-11-16-12-24-21-19(26(16)20)8-10-25(21)18-6-4-3-5-15(18)2/h3-6,8,10-12,14,17,22H,7,9,13H2,1-2H3. The number of imidazole rings is 1. The van der Waals surface area contributed by atoms with Crippen LogP contribution in [0.2, 0.25) is 0 Å². The first-order chi connectivity index (χ1) is 12.7. The lowest BCUT2D eigenvalue weighted by Gasteiger charge is -2.28. The molecule has 132 valence electrons. The van der Waals surface area contributed by atoms with E-state index >= 15 is 0 Å². The van der Waals surface area contributed by atoms with Gasteiger partial charge in [0.15, 0.2) is 5.65 Å². The Morgan fingerprint density at radius 3 is 2.81 bits per heavy atom. The molecule has 2 atom stereocenters. The summed E-state index contributed by atoms with van der Waals surface area (Å²) in [5.74, 6) is 2.21. The molecule has 0 amide bonds. The van der Waals surface area contributed by atoms with Crippen LogP contribution in [0, 0.1) is 12.8 Å². The number of hydrogen-bond acceptors (Lipinski definition) is 3. The fourth-order valence-electron chi connectivity index (χ4n) is 4.20. The van der Waals surface area contributed by atoms with Gasteiger partial charge in [0, 0.05) is 24.3 Å². The Balaban J connectivity index is 1.73. The first kappa shape index (κ1) is 15.6. The molecule has 0 aliphatic carbocycles. The Hall–Kier alpha value is -2.66. The lowest BCUT2D eigenvalue weighted by molar-refractivity contribution is 0.337. The van der Waals surface area contributed by atoms with E-state index in [4.69, 9.17) is 9.97 Å². The Labute approximate surface area is 152 Å². The van der Waals surface area contributed by atoms with E-state index < -0.39 is 0 Å². The highest BCUT2D eigenvalue weighted by Gasteiger charge is 2.27. The number of aryl methyl sites for hydroxylation is 1. The van der Waals surface area contributed by atoms with Gasteiger partial charge in [0.2, 0.25) is 0 Å². The molecule has 0 bridgehead atoms. The van der Waals surface area contributed by atoms with Crippen molar-refractivity contribution in [2.75, 3.05) is 13.1 Å². The summed E-state index contributed by atoms with van der Waals surface area (Å²) in [5.41, 5.74) is 5.57. The summed E-state index contributed by atoms with van der Waals surface area (Å²) in [6, 6.07) is 10.6. The van der Waals surface area contributed by atoms with Crippen molar-refractivity contribution in [2.24, 2.45) is 5.92 Å². The lowest BCUT2D eigenvalue weighted by atomic mass is 9.87. The summed E-state index contributed by atoms with van der Waals surface area (Å²) in [5, 5.41) is 3.53. The lowest BCUT2D eigenvalue weighted by Crippen LogP contribution is -2.34. The predicted octanol–water partition coefficient (Wildman–Crippen LogP) is 3.69. The summed E-state index contributed by atoms with van der Waals surface area (Å²) in [7, 11) is 0. The number of nitrogens with zero attached hydrogens (tertiary/aromatic N) is 4. The van der Waals surface area contributed by atoms with Crippen LogP contribution in [-0.4, -0.2) is 32.0 Å². The largest absolute Gasteiger partial charge is 0.316 e. The first-order valence-electron chi connectivity index (χ1n) is 9.34. The maximum Gasteiger partial charge on any atom is 0.161 e. The third-order valence-electron chi connectivity index (χ3n) is 5.75.